The molecule has 0 aromatic carbocycles. The molecule has 0 amide bonds. The predicted octanol–water partition coefficient (Wildman–Crippen LogP) is 4.49. The third kappa shape index (κ3) is 16.7. The van der Waals surface area contributed by atoms with Crippen LogP contribution in [0.3, 0.4) is 0 Å². The van der Waals surface area contributed by atoms with E-state index in [4.69, 9.17) is 5.11 Å². The highest BCUT2D eigenvalue weighted by atomic mass is 16.4. The summed E-state index contributed by atoms with van der Waals surface area (Å²) < 4.78 is 0. The summed E-state index contributed by atoms with van der Waals surface area (Å²) in [5.41, 5.74) is 0. The van der Waals surface area contributed by atoms with Crippen LogP contribution in [0.1, 0.15) is 45.4 Å². The summed E-state index contributed by atoms with van der Waals surface area (Å²) in [5.74, 6) is -0.964. The van der Waals surface area contributed by atoms with E-state index in [1.807, 2.05) is 42.5 Å². The molecule has 0 aromatic rings. The second-order valence-electron chi connectivity index (χ2n) is 5.87. The minimum Gasteiger partial charge on any atom is -0.478 e. The maximum atomic E-state index is 10.2. The maximum Gasteiger partial charge on any atom is 0.328 e. The van der Waals surface area contributed by atoms with Crippen molar-refractivity contribution in [1.82, 2.24) is 0 Å². The fraction of sp³-hybridized carbons (Fsp3) is 0.409. The molecule has 0 heterocycles. The van der Waals surface area contributed by atoms with Gasteiger partial charge < -0.3 is 15.3 Å². The molecule has 0 radical (unpaired) electrons. The molecule has 4 nitrogen and oxygen atoms in total. The lowest BCUT2D eigenvalue weighted by Crippen LogP contribution is -2.25. The second kappa shape index (κ2) is 17.6. The van der Waals surface area contributed by atoms with E-state index in [2.05, 4.69) is 6.92 Å². The number of aliphatic carboxylic acids is 1. The number of hydrogen-bond donors (Lipinski definition) is 3. The van der Waals surface area contributed by atoms with Crippen LogP contribution in [0.25, 0.3) is 0 Å². The Labute approximate surface area is 157 Å². The zero-order valence-corrected chi connectivity index (χ0v) is 15.6. The smallest absolute Gasteiger partial charge is 0.328 e. The number of carboxylic acids is 1. The van der Waals surface area contributed by atoms with E-state index >= 15 is 0 Å². The third-order valence-corrected chi connectivity index (χ3v) is 3.55. The van der Waals surface area contributed by atoms with Crippen LogP contribution in [-0.4, -0.2) is 33.5 Å². The van der Waals surface area contributed by atoms with E-state index in [0.717, 1.165) is 31.8 Å². The molecule has 0 aromatic heterocycles. The average Bonchev–Trinajstić information content (AvgIpc) is 2.61. The van der Waals surface area contributed by atoms with Crippen LogP contribution >= 0.6 is 0 Å². The Hall–Kier alpha value is -2.17. The van der Waals surface area contributed by atoms with Crippen molar-refractivity contribution in [1.29, 1.82) is 0 Å². The molecular formula is C22H32O4. The topological polar surface area (TPSA) is 77.8 Å². The molecular weight excluding hydrogens is 328 g/mol. The summed E-state index contributed by atoms with van der Waals surface area (Å²) in [6, 6.07) is 0. The van der Waals surface area contributed by atoms with Crippen molar-refractivity contribution in [2.24, 2.45) is 0 Å². The standard InChI is InChI=1S/C22H32O4/c1-2-3-14-17-20(23)21(24)18-15-12-10-8-6-4-5-7-9-11-13-16-19-22(25)26/h4-13,16,19-21,23-24H,2-3,14-15,17-18H2,1H3,(H,25,26). The predicted molar refractivity (Wildman–Crippen MR) is 108 cm³/mol. The third-order valence-electron chi connectivity index (χ3n) is 3.55. The Bertz CT molecular complexity index is 524. The first-order chi connectivity index (χ1) is 12.6. The van der Waals surface area contributed by atoms with Gasteiger partial charge in [0.25, 0.3) is 0 Å². The van der Waals surface area contributed by atoms with E-state index in [1.165, 1.54) is 6.08 Å². The molecule has 0 aliphatic rings. The lowest BCUT2D eigenvalue weighted by atomic mass is 10.0. The van der Waals surface area contributed by atoms with E-state index in [1.54, 1.807) is 18.2 Å². The van der Waals surface area contributed by atoms with E-state index < -0.39 is 18.2 Å². The summed E-state index contributed by atoms with van der Waals surface area (Å²) in [6.07, 6.45) is 24.9. The maximum absolute atomic E-state index is 10.2. The molecule has 3 N–H and O–H groups in total. The summed E-state index contributed by atoms with van der Waals surface area (Å²) in [7, 11) is 0. The molecule has 26 heavy (non-hydrogen) atoms. The van der Waals surface area contributed by atoms with Gasteiger partial charge in [-0.25, -0.2) is 4.79 Å². The van der Waals surface area contributed by atoms with Gasteiger partial charge in [0, 0.05) is 6.08 Å². The van der Waals surface area contributed by atoms with E-state index in [-0.39, 0.29) is 0 Å². The number of allylic oxidation sites excluding steroid dienone is 11. The zero-order valence-electron chi connectivity index (χ0n) is 15.6. The van der Waals surface area contributed by atoms with Gasteiger partial charge in [-0.15, -0.1) is 0 Å². The monoisotopic (exact) mass is 360 g/mol. The molecule has 0 spiro atoms. The van der Waals surface area contributed by atoms with Crippen molar-refractivity contribution in [3.05, 3.63) is 72.9 Å². The minimum atomic E-state index is -0.964. The van der Waals surface area contributed by atoms with Gasteiger partial charge in [-0.1, -0.05) is 93.0 Å². The number of unbranched alkanes of at least 4 members (excludes halogenated alkanes) is 2. The first-order valence-electron chi connectivity index (χ1n) is 9.16. The number of aliphatic hydroxyl groups is 2. The average molecular weight is 360 g/mol. The summed E-state index contributed by atoms with van der Waals surface area (Å²) in [6.45, 7) is 2.12. The Morgan fingerprint density at radius 1 is 0.769 bits per heavy atom. The van der Waals surface area contributed by atoms with Crippen LogP contribution in [-0.2, 0) is 4.79 Å². The fourth-order valence-corrected chi connectivity index (χ4v) is 2.08. The van der Waals surface area contributed by atoms with Gasteiger partial charge in [0.2, 0.25) is 0 Å². The molecule has 0 fully saturated rings. The van der Waals surface area contributed by atoms with Gasteiger partial charge in [-0.05, 0) is 19.3 Å². The van der Waals surface area contributed by atoms with Crippen molar-refractivity contribution < 1.29 is 20.1 Å². The first-order valence-corrected chi connectivity index (χ1v) is 9.16. The molecule has 0 aliphatic heterocycles. The van der Waals surface area contributed by atoms with Gasteiger partial charge in [-0.2, -0.15) is 0 Å². The minimum absolute atomic E-state index is 0.568. The van der Waals surface area contributed by atoms with Crippen molar-refractivity contribution in [2.45, 2.75) is 57.7 Å². The van der Waals surface area contributed by atoms with E-state index in [9.17, 15) is 15.0 Å². The van der Waals surface area contributed by atoms with Gasteiger partial charge >= 0.3 is 5.97 Å². The number of hydrogen-bond acceptors (Lipinski definition) is 3. The molecule has 0 bridgehead atoms. The van der Waals surface area contributed by atoms with Crippen molar-refractivity contribution in [3.8, 4) is 0 Å². The van der Waals surface area contributed by atoms with Gasteiger partial charge in [0.15, 0.2) is 0 Å². The molecule has 0 saturated carbocycles. The number of carbonyl (C=O) groups is 1. The van der Waals surface area contributed by atoms with Crippen molar-refractivity contribution >= 4 is 5.97 Å². The van der Waals surface area contributed by atoms with Crippen LogP contribution in [0.4, 0.5) is 0 Å². The van der Waals surface area contributed by atoms with Crippen molar-refractivity contribution in [2.75, 3.05) is 0 Å². The normalized spacial score (nSPS) is 15.5. The number of rotatable bonds is 14. The SMILES string of the molecule is CCCCCC(O)C(O)CCC=CC=CC=CC=CC=CC=CC(=O)O. The number of aliphatic hydroxyl groups excluding tert-OH is 2. The second-order valence-corrected chi connectivity index (χ2v) is 5.87. The van der Waals surface area contributed by atoms with Crippen LogP contribution in [0.2, 0.25) is 0 Å². The molecule has 2 atom stereocenters. The molecule has 4 heteroatoms. The molecule has 144 valence electrons. The van der Waals surface area contributed by atoms with Crippen LogP contribution < -0.4 is 0 Å². The van der Waals surface area contributed by atoms with Crippen molar-refractivity contribution in [3.63, 3.8) is 0 Å². The summed E-state index contributed by atoms with van der Waals surface area (Å²) in [4.78, 5) is 10.2. The Kier molecular flexibility index (Phi) is 16.2. The molecule has 0 saturated heterocycles. The Balaban J connectivity index is 3.85. The van der Waals surface area contributed by atoms with Crippen LogP contribution in [0.5, 0.6) is 0 Å². The van der Waals surface area contributed by atoms with Crippen LogP contribution in [0, 0.1) is 0 Å². The van der Waals surface area contributed by atoms with Gasteiger partial charge in [-0.3, -0.25) is 0 Å². The fourth-order valence-electron chi connectivity index (χ4n) is 2.08. The Morgan fingerprint density at radius 3 is 1.81 bits per heavy atom. The quantitative estimate of drug-likeness (QED) is 0.242. The largest absolute Gasteiger partial charge is 0.478 e. The lowest BCUT2D eigenvalue weighted by Gasteiger charge is -2.16. The zero-order chi connectivity index (χ0) is 19.5. The highest BCUT2D eigenvalue weighted by Crippen LogP contribution is 2.11. The highest BCUT2D eigenvalue weighted by Gasteiger charge is 2.14. The summed E-state index contributed by atoms with van der Waals surface area (Å²) >= 11 is 0. The summed E-state index contributed by atoms with van der Waals surface area (Å²) in [5, 5.41) is 28.1. The van der Waals surface area contributed by atoms with Gasteiger partial charge in [0.1, 0.15) is 0 Å². The van der Waals surface area contributed by atoms with Crippen LogP contribution in [0.15, 0.2) is 72.9 Å². The highest BCUT2D eigenvalue weighted by molar-refractivity contribution is 5.80. The van der Waals surface area contributed by atoms with Gasteiger partial charge in [0.05, 0.1) is 12.2 Å². The molecule has 2 unspecified atom stereocenters. The Morgan fingerprint density at radius 2 is 1.27 bits per heavy atom. The first kappa shape index (κ1) is 23.8. The van der Waals surface area contributed by atoms with E-state index in [0.29, 0.717) is 12.8 Å². The number of carboxylic acid groups (broad SMARTS) is 1. The molecule has 0 aliphatic carbocycles. The lowest BCUT2D eigenvalue weighted by molar-refractivity contribution is -0.131. The molecule has 0 rings (SSSR count).